The zero-order chi connectivity index (χ0) is 20.6. The quantitative estimate of drug-likeness (QED) is 0.685. The number of aromatic nitrogens is 4. The van der Waals surface area contributed by atoms with Gasteiger partial charge in [0.2, 0.25) is 11.9 Å². The summed E-state index contributed by atoms with van der Waals surface area (Å²) >= 11 is 0. The molecular formula is C15H21N5O6S. The Morgan fingerprint density at radius 3 is 2.93 bits per heavy atom. The first kappa shape index (κ1) is 18.1. The Hall–Kier alpha value is -2.31. The number of carbonyl (C=O) groups excluding carboxylic acids is 1. The normalized spacial score (nSPS) is 23.7. The summed E-state index contributed by atoms with van der Waals surface area (Å²) in [5.41, 5.74) is -0.334. The fraction of sp³-hybridized carbons (Fsp3) is 0.600. The van der Waals surface area contributed by atoms with Crippen LogP contribution in [-0.4, -0.2) is 52.3 Å². The maximum atomic E-state index is 12.3. The number of carbonyl (C=O) groups is 1. The van der Waals surface area contributed by atoms with E-state index >= 15 is 0 Å². The van der Waals surface area contributed by atoms with Gasteiger partial charge in [-0.2, -0.15) is 13.4 Å². The Morgan fingerprint density at radius 1 is 1.56 bits per heavy atom. The molecule has 0 bridgehead atoms. The highest BCUT2D eigenvalue weighted by molar-refractivity contribution is 7.86. The van der Waals surface area contributed by atoms with E-state index in [1.165, 1.54) is 10.9 Å². The third kappa shape index (κ3) is 4.17. The molecule has 0 aromatic carbocycles. The highest BCUT2D eigenvalue weighted by Gasteiger charge is 2.37. The van der Waals surface area contributed by atoms with Crippen LogP contribution in [0, 0.1) is 5.92 Å². The lowest BCUT2D eigenvalue weighted by atomic mass is 10.2. The maximum Gasteiger partial charge on any atom is 0.280 e. The highest BCUT2D eigenvalue weighted by atomic mass is 32.2. The van der Waals surface area contributed by atoms with E-state index < -0.39 is 34.1 Å². The number of imidazole rings is 1. The van der Waals surface area contributed by atoms with Crippen LogP contribution in [0.4, 0.5) is 5.95 Å². The number of hydrogen-bond donors (Lipinski definition) is 2. The summed E-state index contributed by atoms with van der Waals surface area (Å²) in [5.74, 6) is -0.658. The van der Waals surface area contributed by atoms with Crippen LogP contribution in [-0.2, 0) is 23.8 Å². The van der Waals surface area contributed by atoms with E-state index in [1.54, 1.807) is 13.8 Å². The first-order chi connectivity index (χ1) is 13.1. The second kappa shape index (κ2) is 7.02. The molecule has 1 aliphatic heterocycles. The molecule has 1 fully saturated rings. The van der Waals surface area contributed by atoms with Gasteiger partial charge in [0.1, 0.15) is 12.3 Å². The number of aromatic amines is 1. The summed E-state index contributed by atoms with van der Waals surface area (Å²) in [4.78, 5) is 34.9. The number of hydrogen-bond acceptors (Lipinski definition) is 8. The second-order valence-corrected chi connectivity index (χ2v) is 8.19. The molecule has 0 aliphatic carbocycles. The van der Waals surface area contributed by atoms with Crippen LogP contribution in [0.2, 0.25) is 0 Å². The van der Waals surface area contributed by atoms with E-state index in [4.69, 9.17) is 10.3 Å². The molecule has 2 aromatic heterocycles. The summed E-state index contributed by atoms with van der Waals surface area (Å²) in [5, 5.41) is 2.52. The fourth-order valence-corrected chi connectivity index (χ4v) is 3.31. The monoisotopic (exact) mass is 400 g/mol. The van der Waals surface area contributed by atoms with Crippen molar-refractivity contribution in [2.75, 3.05) is 11.6 Å². The van der Waals surface area contributed by atoms with Crippen molar-refractivity contribution in [1.82, 2.24) is 19.5 Å². The molecule has 1 saturated heterocycles. The molecular weight excluding hydrogens is 378 g/mol. The molecule has 2 aromatic rings. The molecule has 1 amide bonds. The van der Waals surface area contributed by atoms with E-state index in [-0.39, 0.29) is 42.3 Å². The van der Waals surface area contributed by atoms with Crippen LogP contribution >= 0.6 is 0 Å². The van der Waals surface area contributed by atoms with Crippen molar-refractivity contribution in [3.05, 3.63) is 16.7 Å². The number of rotatable bonds is 5. The fourth-order valence-electron chi connectivity index (χ4n) is 2.66. The number of fused-ring (bicyclic) bond motifs is 1. The summed E-state index contributed by atoms with van der Waals surface area (Å²) in [6.07, 6.45) is 0.0738. The summed E-state index contributed by atoms with van der Waals surface area (Å²) in [7, 11) is -3.73. The molecule has 11 nitrogen and oxygen atoms in total. The minimum atomic E-state index is -3.73. The largest absolute Gasteiger partial charge is 0.352 e. The van der Waals surface area contributed by atoms with Crippen LogP contribution in [0.1, 0.15) is 34.8 Å². The van der Waals surface area contributed by atoms with Crippen LogP contribution in [0.3, 0.4) is 0 Å². The standard InChI is InChI=1S/C15H21N5O6S/c1-7(2)13(21)18-15-17-12-11(14(22)19-15)16-6-20(12)10-5-9(8(3)25-10)26-27(4,23)24/h6-10H,5H2,1-4H3,(H2,17,18,19,21,22)/t8?,9-,10?/m1/s1/i3D. The third-order valence-electron chi connectivity index (χ3n) is 3.99. The number of nitrogens with one attached hydrogen (secondary N) is 2. The Balaban J connectivity index is 1.94. The molecule has 0 spiro atoms. The molecule has 27 heavy (non-hydrogen) atoms. The molecule has 12 heteroatoms. The Morgan fingerprint density at radius 2 is 2.30 bits per heavy atom. The number of anilines is 1. The summed E-state index contributed by atoms with van der Waals surface area (Å²) in [6, 6.07) is 0. The lowest BCUT2D eigenvalue weighted by Crippen LogP contribution is -2.24. The van der Waals surface area contributed by atoms with Crippen molar-refractivity contribution >= 4 is 33.1 Å². The molecule has 2 unspecified atom stereocenters. The zero-order valence-electron chi connectivity index (χ0n) is 16.0. The first-order valence-corrected chi connectivity index (χ1v) is 10.0. The third-order valence-corrected chi connectivity index (χ3v) is 4.58. The Bertz CT molecular complexity index is 1050. The van der Waals surface area contributed by atoms with Gasteiger partial charge in [-0.1, -0.05) is 13.8 Å². The number of ether oxygens (including phenoxy) is 1. The minimum Gasteiger partial charge on any atom is -0.352 e. The number of amides is 1. The van der Waals surface area contributed by atoms with Gasteiger partial charge in [-0.05, 0) is 6.90 Å². The molecule has 0 saturated carbocycles. The Labute approximate surface area is 156 Å². The minimum absolute atomic E-state index is 0.0306. The molecule has 148 valence electrons. The van der Waals surface area contributed by atoms with Crippen molar-refractivity contribution in [2.45, 2.75) is 45.6 Å². The predicted octanol–water partition coefficient (Wildman–Crippen LogP) is 0.366. The van der Waals surface area contributed by atoms with Gasteiger partial charge in [0, 0.05) is 13.7 Å². The van der Waals surface area contributed by atoms with Gasteiger partial charge in [-0.15, -0.1) is 0 Å². The van der Waals surface area contributed by atoms with Gasteiger partial charge < -0.3 is 4.74 Å². The van der Waals surface area contributed by atoms with Gasteiger partial charge in [0.05, 0.1) is 18.7 Å². The van der Waals surface area contributed by atoms with Gasteiger partial charge in [0.15, 0.2) is 11.2 Å². The van der Waals surface area contributed by atoms with Gasteiger partial charge in [-0.3, -0.25) is 28.6 Å². The summed E-state index contributed by atoms with van der Waals surface area (Å²) < 4.78 is 42.7. The highest BCUT2D eigenvalue weighted by Crippen LogP contribution is 2.32. The second-order valence-electron chi connectivity index (χ2n) is 6.59. The summed E-state index contributed by atoms with van der Waals surface area (Å²) in [6.45, 7) is 3.20. The van der Waals surface area contributed by atoms with E-state index in [0.29, 0.717) is 0 Å². The molecule has 3 rings (SSSR count). The van der Waals surface area contributed by atoms with Crippen molar-refractivity contribution in [3.63, 3.8) is 0 Å². The smallest absolute Gasteiger partial charge is 0.280 e. The van der Waals surface area contributed by atoms with Crippen LogP contribution in [0.15, 0.2) is 11.1 Å². The molecule has 1 aliphatic rings. The topological polar surface area (TPSA) is 145 Å². The van der Waals surface area contributed by atoms with E-state index in [9.17, 15) is 18.0 Å². The first-order valence-electron chi connectivity index (χ1n) is 8.90. The molecule has 3 heterocycles. The number of nitrogens with zero attached hydrogens (tertiary/aromatic N) is 3. The van der Waals surface area contributed by atoms with Crippen LogP contribution in [0.5, 0.6) is 0 Å². The van der Waals surface area contributed by atoms with Gasteiger partial charge >= 0.3 is 0 Å². The zero-order valence-corrected chi connectivity index (χ0v) is 15.8. The van der Waals surface area contributed by atoms with Crippen molar-refractivity contribution in [2.24, 2.45) is 5.92 Å². The van der Waals surface area contributed by atoms with E-state index in [2.05, 4.69) is 20.3 Å². The molecule has 0 radical (unpaired) electrons. The van der Waals surface area contributed by atoms with Crippen molar-refractivity contribution in [1.29, 1.82) is 0 Å². The lowest BCUT2D eigenvalue weighted by Gasteiger charge is -2.13. The SMILES string of the molecule is [2H]CC1OC(n2cnc3c(=O)[nH]c(NC(=O)C(C)C)nc32)C[C@H]1OS(C)(=O)=O. The average Bonchev–Trinajstić information content (AvgIpc) is 3.17. The van der Waals surface area contributed by atoms with Crippen molar-refractivity contribution in [3.8, 4) is 0 Å². The maximum absolute atomic E-state index is 12.3. The number of H-pyrrole nitrogens is 1. The molecule has 3 atom stereocenters. The van der Waals surface area contributed by atoms with Gasteiger partial charge in [-0.25, -0.2) is 4.98 Å². The van der Waals surface area contributed by atoms with E-state index in [1.807, 2.05) is 0 Å². The molecule has 2 N–H and O–H groups in total. The van der Waals surface area contributed by atoms with E-state index in [0.717, 1.165) is 6.26 Å². The van der Waals surface area contributed by atoms with Gasteiger partial charge in [0.25, 0.3) is 15.7 Å². The lowest BCUT2D eigenvalue weighted by molar-refractivity contribution is -0.118. The van der Waals surface area contributed by atoms with Crippen LogP contribution < -0.4 is 10.9 Å². The van der Waals surface area contributed by atoms with Crippen molar-refractivity contribution < 1.29 is 23.5 Å². The van der Waals surface area contributed by atoms with Crippen LogP contribution in [0.25, 0.3) is 11.2 Å². The predicted molar refractivity (Wildman–Crippen MR) is 95.5 cm³/mol. The Kier molecular flexibility index (Phi) is 4.70. The average molecular weight is 400 g/mol.